The highest BCUT2D eigenvalue weighted by Crippen LogP contribution is 2.11. The van der Waals surface area contributed by atoms with Crippen LogP contribution >= 0.6 is 0 Å². The van der Waals surface area contributed by atoms with Crippen molar-refractivity contribution in [2.75, 3.05) is 20.6 Å². The molecule has 20 heavy (non-hydrogen) atoms. The van der Waals surface area contributed by atoms with Crippen molar-refractivity contribution in [2.45, 2.75) is 18.7 Å². The molecule has 0 saturated carbocycles. The highest BCUT2D eigenvalue weighted by molar-refractivity contribution is 7.88. The van der Waals surface area contributed by atoms with Gasteiger partial charge in [0.05, 0.1) is 5.75 Å². The SMILES string of the molecule is CN(C)C(=O)CCNS(=O)(=O)Cc1ccccc1CN. The Hall–Kier alpha value is -1.44. The van der Waals surface area contributed by atoms with Gasteiger partial charge in [-0.25, -0.2) is 13.1 Å². The van der Waals surface area contributed by atoms with Gasteiger partial charge in [0.25, 0.3) is 0 Å². The number of hydrogen-bond donors (Lipinski definition) is 2. The first-order valence-corrected chi connectivity index (χ1v) is 7.95. The number of sulfonamides is 1. The van der Waals surface area contributed by atoms with Crippen LogP contribution < -0.4 is 10.5 Å². The van der Waals surface area contributed by atoms with Crippen LogP contribution in [0.2, 0.25) is 0 Å². The van der Waals surface area contributed by atoms with Gasteiger partial charge in [-0.05, 0) is 11.1 Å². The van der Waals surface area contributed by atoms with Gasteiger partial charge < -0.3 is 10.6 Å². The maximum Gasteiger partial charge on any atom is 0.223 e. The highest BCUT2D eigenvalue weighted by Gasteiger charge is 2.14. The van der Waals surface area contributed by atoms with E-state index in [1.807, 2.05) is 6.07 Å². The lowest BCUT2D eigenvalue weighted by atomic mass is 10.1. The number of benzene rings is 1. The van der Waals surface area contributed by atoms with Gasteiger partial charge in [-0.2, -0.15) is 0 Å². The number of rotatable bonds is 7. The van der Waals surface area contributed by atoms with Crippen molar-refractivity contribution in [1.82, 2.24) is 9.62 Å². The van der Waals surface area contributed by atoms with Gasteiger partial charge in [0.1, 0.15) is 0 Å². The van der Waals surface area contributed by atoms with Gasteiger partial charge in [-0.15, -0.1) is 0 Å². The van der Waals surface area contributed by atoms with E-state index in [0.29, 0.717) is 12.1 Å². The quantitative estimate of drug-likeness (QED) is 0.743. The molecule has 1 aromatic rings. The Bertz CT molecular complexity index is 556. The van der Waals surface area contributed by atoms with Crippen molar-refractivity contribution in [3.63, 3.8) is 0 Å². The summed E-state index contributed by atoms with van der Waals surface area (Å²) in [5.74, 6) is -0.244. The average Bonchev–Trinajstić information content (AvgIpc) is 2.38. The topological polar surface area (TPSA) is 92.5 Å². The molecule has 0 atom stereocenters. The molecule has 1 aromatic carbocycles. The molecule has 0 spiro atoms. The third-order valence-corrected chi connectivity index (χ3v) is 4.18. The summed E-state index contributed by atoms with van der Waals surface area (Å²) in [6.07, 6.45) is 0.144. The summed E-state index contributed by atoms with van der Waals surface area (Å²) in [7, 11) is -0.198. The van der Waals surface area contributed by atoms with Gasteiger partial charge in [0, 0.05) is 33.6 Å². The maximum atomic E-state index is 11.9. The summed E-state index contributed by atoms with van der Waals surface area (Å²) in [5, 5.41) is 0. The first kappa shape index (κ1) is 16.6. The van der Waals surface area contributed by atoms with E-state index in [1.54, 1.807) is 32.3 Å². The lowest BCUT2D eigenvalue weighted by Gasteiger charge is -2.12. The standard InChI is InChI=1S/C13H21N3O3S/c1-16(2)13(17)7-8-15-20(18,19)10-12-6-4-3-5-11(12)9-14/h3-6,15H,7-10,14H2,1-2H3. The molecule has 0 aliphatic heterocycles. The monoisotopic (exact) mass is 299 g/mol. The molecule has 0 aliphatic carbocycles. The third-order valence-electron chi connectivity index (χ3n) is 2.84. The second-order valence-corrected chi connectivity index (χ2v) is 6.47. The Labute approximate surface area is 120 Å². The van der Waals surface area contributed by atoms with Gasteiger partial charge in [0.2, 0.25) is 15.9 Å². The normalized spacial score (nSPS) is 11.3. The van der Waals surface area contributed by atoms with Crippen LogP contribution in [0.4, 0.5) is 0 Å². The molecule has 0 radical (unpaired) electrons. The molecular formula is C13H21N3O3S. The predicted molar refractivity (Wildman–Crippen MR) is 78.3 cm³/mol. The second-order valence-electron chi connectivity index (χ2n) is 4.66. The number of nitrogens with zero attached hydrogens (tertiary/aromatic N) is 1. The molecule has 0 bridgehead atoms. The molecule has 112 valence electrons. The van der Waals surface area contributed by atoms with E-state index in [4.69, 9.17) is 5.73 Å². The molecule has 0 heterocycles. The minimum Gasteiger partial charge on any atom is -0.349 e. The molecule has 1 amide bonds. The minimum absolute atomic E-state index is 0.101. The van der Waals surface area contributed by atoms with Crippen LogP contribution in [-0.2, 0) is 27.1 Å². The van der Waals surface area contributed by atoms with Crippen LogP contribution in [0.5, 0.6) is 0 Å². The fourth-order valence-electron chi connectivity index (χ4n) is 1.69. The van der Waals surface area contributed by atoms with E-state index >= 15 is 0 Å². The Morgan fingerprint density at radius 1 is 1.25 bits per heavy atom. The minimum atomic E-state index is -3.46. The average molecular weight is 299 g/mol. The van der Waals surface area contributed by atoms with Gasteiger partial charge in [-0.1, -0.05) is 24.3 Å². The molecule has 0 fully saturated rings. The second kappa shape index (κ2) is 7.37. The van der Waals surface area contributed by atoms with Gasteiger partial charge in [0.15, 0.2) is 0 Å². The zero-order valence-electron chi connectivity index (χ0n) is 11.8. The van der Waals surface area contributed by atoms with Crippen LogP contribution in [0.3, 0.4) is 0 Å². The molecule has 1 rings (SSSR count). The summed E-state index contributed by atoms with van der Waals surface area (Å²) in [5.41, 5.74) is 7.07. The summed E-state index contributed by atoms with van der Waals surface area (Å²) >= 11 is 0. The van der Waals surface area contributed by atoms with Crippen LogP contribution in [0, 0.1) is 0 Å². The molecular weight excluding hydrogens is 278 g/mol. The lowest BCUT2D eigenvalue weighted by molar-refractivity contribution is -0.128. The van der Waals surface area contributed by atoms with Crippen molar-refractivity contribution in [2.24, 2.45) is 5.73 Å². The van der Waals surface area contributed by atoms with E-state index < -0.39 is 10.0 Å². The van der Waals surface area contributed by atoms with Crippen molar-refractivity contribution in [3.8, 4) is 0 Å². The first-order chi connectivity index (χ1) is 9.35. The zero-order chi connectivity index (χ0) is 15.2. The van der Waals surface area contributed by atoms with E-state index in [1.165, 1.54) is 4.90 Å². The van der Waals surface area contributed by atoms with E-state index in [9.17, 15) is 13.2 Å². The summed E-state index contributed by atoms with van der Waals surface area (Å²) in [6.45, 7) is 0.398. The Balaban J connectivity index is 2.60. The molecule has 7 heteroatoms. The van der Waals surface area contributed by atoms with Crippen LogP contribution in [0.15, 0.2) is 24.3 Å². The van der Waals surface area contributed by atoms with Crippen LogP contribution in [0.25, 0.3) is 0 Å². The fraction of sp³-hybridized carbons (Fsp3) is 0.462. The molecule has 0 aliphatic rings. The first-order valence-electron chi connectivity index (χ1n) is 6.30. The molecule has 0 saturated heterocycles. The van der Waals surface area contributed by atoms with Crippen molar-refractivity contribution < 1.29 is 13.2 Å². The van der Waals surface area contributed by atoms with Crippen LogP contribution in [0.1, 0.15) is 17.5 Å². The van der Waals surface area contributed by atoms with Crippen molar-refractivity contribution >= 4 is 15.9 Å². The summed E-state index contributed by atoms with van der Waals surface area (Å²) in [4.78, 5) is 12.8. The predicted octanol–water partition coefficient (Wildman–Crippen LogP) is 0.0430. The van der Waals surface area contributed by atoms with Gasteiger partial charge in [-0.3, -0.25) is 4.79 Å². The number of hydrogen-bond acceptors (Lipinski definition) is 4. The molecule has 0 aromatic heterocycles. The number of carbonyl (C=O) groups is 1. The molecule has 6 nitrogen and oxygen atoms in total. The maximum absolute atomic E-state index is 11.9. The summed E-state index contributed by atoms with van der Waals surface area (Å²) in [6, 6.07) is 7.15. The number of nitrogens with one attached hydrogen (secondary N) is 1. The Kier molecular flexibility index (Phi) is 6.12. The Morgan fingerprint density at radius 3 is 2.40 bits per heavy atom. The molecule has 0 unspecified atom stereocenters. The van der Waals surface area contributed by atoms with E-state index in [2.05, 4.69) is 4.72 Å². The van der Waals surface area contributed by atoms with Crippen LogP contribution in [-0.4, -0.2) is 39.9 Å². The largest absolute Gasteiger partial charge is 0.349 e. The third kappa shape index (κ3) is 5.28. The van der Waals surface area contributed by atoms with Crippen molar-refractivity contribution in [3.05, 3.63) is 35.4 Å². The summed E-state index contributed by atoms with van der Waals surface area (Å²) < 4.78 is 26.3. The Morgan fingerprint density at radius 2 is 1.85 bits per heavy atom. The van der Waals surface area contributed by atoms with E-state index in [-0.39, 0.29) is 24.6 Å². The zero-order valence-corrected chi connectivity index (χ0v) is 12.6. The number of carbonyl (C=O) groups excluding carboxylic acids is 1. The lowest BCUT2D eigenvalue weighted by Crippen LogP contribution is -2.31. The van der Waals surface area contributed by atoms with E-state index in [0.717, 1.165) is 5.56 Å². The fourth-order valence-corrected chi connectivity index (χ4v) is 2.90. The van der Waals surface area contributed by atoms with Crippen molar-refractivity contribution in [1.29, 1.82) is 0 Å². The highest BCUT2D eigenvalue weighted by atomic mass is 32.2. The number of nitrogens with two attached hydrogens (primary N) is 1. The molecule has 3 N–H and O–H groups in total. The smallest absolute Gasteiger partial charge is 0.223 e. The van der Waals surface area contributed by atoms with Gasteiger partial charge >= 0.3 is 0 Å². The number of amides is 1.